The largest absolute Gasteiger partial charge is 0.393 e. The van der Waals surface area contributed by atoms with Crippen LogP contribution in [0.5, 0.6) is 0 Å². The summed E-state index contributed by atoms with van der Waals surface area (Å²) in [6, 6.07) is 0. The molecule has 0 aromatic carbocycles. The van der Waals surface area contributed by atoms with Crippen LogP contribution >= 0.6 is 0 Å². The molecule has 1 unspecified atom stereocenters. The minimum Gasteiger partial charge on any atom is -0.393 e. The first-order valence-corrected chi connectivity index (χ1v) is 2.59. The van der Waals surface area contributed by atoms with E-state index in [9.17, 15) is 4.79 Å². The van der Waals surface area contributed by atoms with Crippen LogP contribution in [-0.2, 0) is 4.79 Å². The number of primary amides is 1. The summed E-state index contributed by atoms with van der Waals surface area (Å²) in [6.45, 7) is 0.897. The molecule has 0 aromatic rings. The fourth-order valence-electron chi connectivity index (χ4n) is 0.431. The quantitative estimate of drug-likeness (QED) is 0.443. The molecule has 0 aliphatic heterocycles. The summed E-state index contributed by atoms with van der Waals surface area (Å²) in [7, 11) is 0. The maximum atomic E-state index is 10.1. The average Bonchev–Trinajstić information content (AvgIpc) is 1.63. The van der Waals surface area contributed by atoms with Crippen molar-refractivity contribution in [2.45, 2.75) is 18.9 Å². The Morgan fingerprint density at radius 3 is 2.33 bits per heavy atom. The van der Waals surface area contributed by atoms with E-state index in [1.54, 1.807) is 0 Å². The zero-order chi connectivity index (χ0) is 7.49. The third kappa shape index (κ3) is 3.93. The highest BCUT2D eigenvalue weighted by molar-refractivity contribution is 5.74. The van der Waals surface area contributed by atoms with E-state index in [1.807, 2.05) is 0 Å². The van der Waals surface area contributed by atoms with Crippen molar-refractivity contribution in [1.82, 2.24) is 0 Å². The van der Waals surface area contributed by atoms with Gasteiger partial charge in [0.1, 0.15) is 0 Å². The predicted octanol–water partition coefficient (Wildman–Crippen LogP) is -1.39. The lowest BCUT2D eigenvalue weighted by Gasteiger charge is -2.16. The summed E-state index contributed by atoms with van der Waals surface area (Å²) in [5, 5.41) is 17.3. The van der Waals surface area contributed by atoms with Gasteiger partial charge in [-0.3, -0.25) is 4.79 Å². The lowest BCUT2D eigenvalue weighted by atomic mass is 10.0. The maximum Gasteiger partial charge on any atom is 0.220 e. The molecule has 0 bridgehead atoms. The van der Waals surface area contributed by atoms with E-state index in [-0.39, 0.29) is 6.42 Å². The van der Waals surface area contributed by atoms with Crippen LogP contribution in [0.15, 0.2) is 0 Å². The van der Waals surface area contributed by atoms with Crippen LogP contribution in [0.2, 0.25) is 0 Å². The smallest absolute Gasteiger partial charge is 0.220 e. The minimum atomic E-state index is -1.36. The molecule has 0 fully saturated rings. The summed E-state index contributed by atoms with van der Waals surface area (Å²) in [6.07, 6.45) is -0.205. The van der Waals surface area contributed by atoms with Crippen molar-refractivity contribution in [2.75, 3.05) is 6.61 Å². The molecule has 0 spiro atoms. The van der Waals surface area contributed by atoms with Crippen molar-refractivity contribution in [2.24, 2.45) is 5.73 Å². The molecule has 1 amide bonds. The van der Waals surface area contributed by atoms with Gasteiger partial charge in [-0.05, 0) is 6.92 Å². The highest BCUT2D eigenvalue weighted by atomic mass is 16.3. The van der Waals surface area contributed by atoms with Gasteiger partial charge >= 0.3 is 0 Å². The topological polar surface area (TPSA) is 83.6 Å². The van der Waals surface area contributed by atoms with Crippen LogP contribution in [0, 0.1) is 0 Å². The van der Waals surface area contributed by atoms with E-state index in [2.05, 4.69) is 0 Å². The summed E-state index contributed by atoms with van der Waals surface area (Å²) in [5.74, 6) is -0.617. The Balaban J connectivity index is 3.71. The highest BCUT2D eigenvalue weighted by Crippen LogP contribution is 2.05. The summed E-state index contributed by atoms with van der Waals surface area (Å²) in [4.78, 5) is 10.1. The van der Waals surface area contributed by atoms with Crippen molar-refractivity contribution in [3.63, 3.8) is 0 Å². The van der Waals surface area contributed by atoms with E-state index in [0.29, 0.717) is 0 Å². The lowest BCUT2D eigenvalue weighted by molar-refractivity contribution is -0.123. The van der Waals surface area contributed by atoms with Gasteiger partial charge in [0.2, 0.25) is 5.91 Å². The third-order valence-electron chi connectivity index (χ3n) is 0.896. The number of rotatable bonds is 3. The Morgan fingerprint density at radius 2 is 2.22 bits per heavy atom. The number of hydrogen-bond donors (Lipinski definition) is 3. The van der Waals surface area contributed by atoms with Crippen LogP contribution in [0.25, 0.3) is 0 Å². The van der Waals surface area contributed by atoms with Crippen molar-refractivity contribution in [3.8, 4) is 0 Å². The number of carbonyl (C=O) groups excluding carboxylic acids is 1. The van der Waals surface area contributed by atoms with Gasteiger partial charge in [-0.15, -0.1) is 0 Å². The van der Waals surface area contributed by atoms with E-state index in [4.69, 9.17) is 15.9 Å². The van der Waals surface area contributed by atoms with Gasteiger partial charge in [0, 0.05) is 0 Å². The van der Waals surface area contributed by atoms with Crippen molar-refractivity contribution in [3.05, 3.63) is 0 Å². The predicted molar refractivity (Wildman–Crippen MR) is 31.5 cm³/mol. The average molecular weight is 133 g/mol. The fraction of sp³-hybridized carbons (Fsp3) is 0.800. The molecule has 0 rings (SSSR count). The van der Waals surface area contributed by atoms with E-state index in [0.717, 1.165) is 0 Å². The third-order valence-corrected chi connectivity index (χ3v) is 0.896. The molecule has 0 saturated heterocycles. The molecule has 0 aliphatic rings. The SMILES string of the molecule is CC(O)(CO)CC(N)=O. The summed E-state index contributed by atoms with van der Waals surface area (Å²) in [5.41, 5.74) is 3.39. The van der Waals surface area contributed by atoms with Gasteiger partial charge < -0.3 is 15.9 Å². The number of aliphatic hydroxyl groups is 2. The fourth-order valence-corrected chi connectivity index (χ4v) is 0.431. The zero-order valence-corrected chi connectivity index (χ0v) is 5.29. The van der Waals surface area contributed by atoms with Crippen LogP contribution in [0.4, 0.5) is 0 Å². The molecule has 54 valence electrons. The molecular weight excluding hydrogens is 122 g/mol. The zero-order valence-electron chi connectivity index (χ0n) is 5.29. The van der Waals surface area contributed by atoms with Crippen LogP contribution in [-0.4, -0.2) is 28.3 Å². The molecule has 0 heterocycles. The lowest BCUT2D eigenvalue weighted by Crippen LogP contribution is -2.34. The van der Waals surface area contributed by atoms with Crippen molar-refractivity contribution >= 4 is 5.91 Å². The second kappa shape index (κ2) is 2.80. The van der Waals surface area contributed by atoms with Gasteiger partial charge in [-0.2, -0.15) is 0 Å². The van der Waals surface area contributed by atoms with E-state index >= 15 is 0 Å². The second-order valence-corrected chi connectivity index (χ2v) is 2.30. The Morgan fingerprint density at radius 1 is 1.78 bits per heavy atom. The van der Waals surface area contributed by atoms with Gasteiger partial charge in [-0.25, -0.2) is 0 Å². The van der Waals surface area contributed by atoms with Gasteiger partial charge in [0.15, 0.2) is 0 Å². The van der Waals surface area contributed by atoms with Gasteiger partial charge in [0.05, 0.1) is 18.6 Å². The molecule has 0 saturated carbocycles. The molecule has 0 aliphatic carbocycles. The van der Waals surface area contributed by atoms with Crippen molar-refractivity contribution < 1.29 is 15.0 Å². The monoisotopic (exact) mass is 133 g/mol. The normalized spacial score (nSPS) is 16.8. The Kier molecular flexibility index (Phi) is 2.61. The number of nitrogens with two attached hydrogens (primary N) is 1. The number of amides is 1. The Bertz CT molecular complexity index is 111. The highest BCUT2D eigenvalue weighted by Gasteiger charge is 2.21. The maximum absolute atomic E-state index is 10.1. The summed E-state index contributed by atoms with van der Waals surface area (Å²) >= 11 is 0. The first-order chi connectivity index (χ1) is 3.98. The van der Waals surface area contributed by atoms with E-state index in [1.165, 1.54) is 6.92 Å². The first-order valence-electron chi connectivity index (χ1n) is 2.59. The number of carbonyl (C=O) groups is 1. The first kappa shape index (κ1) is 8.39. The molecular formula is C5H11NO3. The van der Waals surface area contributed by atoms with Crippen molar-refractivity contribution in [1.29, 1.82) is 0 Å². The van der Waals surface area contributed by atoms with Gasteiger partial charge in [0.25, 0.3) is 0 Å². The van der Waals surface area contributed by atoms with Gasteiger partial charge in [-0.1, -0.05) is 0 Å². The molecule has 1 atom stereocenters. The molecule has 9 heavy (non-hydrogen) atoms. The molecule has 0 radical (unpaired) electrons. The van der Waals surface area contributed by atoms with Crippen LogP contribution in [0.3, 0.4) is 0 Å². The van der Waals surface area contributed by atoms with E-state index < -0.39 is 18.1 Å². The second-order valence-electron chi connectivity index (χ2n) is 2.30. The molecule has 4 N–H and O–H groups in total. The van der Waals surface area contributed by atoms with Crippen LogP contribution < -0.4 is 5.73 Å². The number of hydrogen-bond acceptors (Lipinski definition) is 3. The minimum absolute atomic E-state index is 0.205. The standard InChI is InChI=1S/C5H11NO3/c1-5(9,3-7)2-4(6)8/h7,9H,2-3H2,1H3,(H2,6,8). The Hall–Kier alpha value is -0.610. The summed E-state index contributed by atoms with van der Waals surface area (Å²) < 4.78 is 0. The molecule has 0 aromatic heterocycles. The Labute approximate surface area is 53.3 Å². The molecule has 4 nitrogen and oxygen atoms in total. The van der Waals surface area contributed by atoms with Crippen LogP contribution in [0.1, 0.15) is 13.3 Å². The number of aliphatic hydroxyl groups excluding tert-OH is 1. The molecule has 4 heteroatoms.